The zero-order valence-corrected chi connectivity index (χ0v) is 8.34. The highest BCUT2D eigenvalue weighted by Gasteiger charge is 2.35. The van der Waals surface area contributed by atoms with Gasteiger partial charge in [-0.2, -0.15) is 13.2 Å². The van der Waals surface area contributed by atoms with E-state index in [4.69, 9.17) is 11.6 Å². The maximum Gasteiger partial charge on any atom is 0.451 e. The summed E-state index contributed by atoms with van der Waals surface area (Å²) in [5, 5.41) is 6.62. The highest BCUT2D eigenvalue weighted by Crippen LogP contribution is 2.27. The van der Waals surface area contributed by atoms with Gasteiger partial charge >= 0.3 is 6.18 Å². The molecule has 0 aromatic carbocycles. The second-order valence-corrected chi connectivity index (χ2v) is 3.28. The van der Waals surface area contributed by atoms with Gasteiger partial charge in [0.25, 0.3) is 0 Å². The van der Waals surface area contributed by atoms with Gasteiger partial charge in [0.1, 0.15) is 5.15 Å². The minimum atomic E-state index is -4.54. The van der Waals surface area contributed by atoms with Crippen LogP contribution in [0.4, 0.5) is 13.2 Å². The van der Waals surface area contributed by atoms with Crippen LogP contribution in [0, 0.1) is 0 Å². The van der Waals surface area contributed by atoms with Gasteiger partial charge in [-0.15, -0.1) is 10.2 Å². The second kappa shape index (κ2) is 3.75. The normalized spacial score (nSPS) is 11.8. The molecule has 8 heteroatoms. The average molecular weight is 249 g/mol. The lowest BCUT2D eigenvalue weighted by Gasteiger charge is -1.99. The first-order valence-corrected chi connectivity index (χ1v) is 4.46. The van der Waals surface area contributed by atoms with Crippen LogP contribution in [0.1, 0.15) is 5.82 Å². The van der Waals surface area contributed by atoms with Crippen LogP contribution in [0.3, 0.4) is 0 Å². The first-order valence-electron chi connectivity index (χ1n) is 4.08. The standard InChI is InChI=1S/C8H4ClF3N4/c9-5-2-1-4(3-13-5)6-14-7(16-15-6)8(10,11)12/h1-3H,(H,14,15,16). The van der Waals surface area contributed by atoms with E-state index in [1.165, 1.54) is 18.3 Å². The minimum Gasteiger partial charge on any atom is -0.317 e. The molecule has 0 atom stereocenters. The summed E-state index contributed by atoms with van der Waals surface area (Å²) < 4.78 is 36.6. The largest absolute Gasteiger partial charge is 0.451 e. The van der Waals surface area contributed by atoms with Crippen molar-refractivity contribution in [2.75, 3.05) is 0 Å². The van der Waals surface area contributed by atoms with Crippen molar-refractivity contribution in [3.8, 4) is 11.4 Å². The molecule has 0 amide bonds. The predicted octanol–water partition coefficient (Wildman–Crippen LogP) is 2.54. The van der Waals surface area contributed by atoms with Gasteiger partial charge in [0, 0.05) is 11.8 Å². The third-order valence-electron chi connectivity index (χ3n) is 1.76. The highest BCUT2D eigenvalue weighted by atomic mass is 35.5. The molecule has 2 rings (SSSR count). The quantitative estimate of drug-likeness (QED) is 0.789. The van der Waals surface area contributed by atoms with Gasteiger partial charge < -0.3 is 4.98 Å². The number of aromatic nitrogens is 4. The summed E-state index contributed by atoms with van der Waals surface area (Å²) in [6, 6.07) is 2.95. The van der Waals surface area contributed by atoms with Crippen molar-refractivity contribution >= 4 is 11.6 Å². The molecule has 2 aromatic heterocycles. The molecule has 0 radical (unpaired) electrons. The highest BCUT2D eigenvalue weighted by molar-refractivity contribution is 6.29. The van der Waals surface area contributed by atoms with Crippen molar-refractivity contribution in [2.45, 2.75) is 6.18 Å². The first kappa shape index (κ1) is 10.9. The smallest absolute Gasteiger partial charge is 0.317 e. The monoisotopic (exact) mass is 248 g/mol. The van der Waals surface area contributed by atoms with E-state index in [9.17, 15) is 13.2 Å². The van der Waals surface area contributed by atoms with Crippen LogP contribution in [-0.2, 0) is 6.18 Å². The summed E-state index contributed by atoms with van der Waals surface area (Å²) in [7, 11) is 0. The van der Waals surface area contributed by atoms with Crippen LogP contribution in [0.5, 0.6) is 0 Å². The van der Waals surface area contributed by atoms with E-state index in [1.54, 1.807) is 0 Å². The number of nitrogens with one attached hydrogen (secondary N) is 1. The van der Waals surface area contributed by atoms with Crippen LogP contribution < -0.4 is 0 Å². The Kier molecular flexibility index (Phi) is 2.55. The summed E-state index contributed by atoms with van der Waals surface area (Å²) in [6.45, 7) is 0. The maximum atomic E-state index is 12.2. The SMILES string of the molecule is FC(F)(F)c1nnc(-c2ccc(Cl)nc2)[nH]1. The summed E-state index contributed by atoms with van der Waals surface area (Å²) in [5.74, 6) is -1.14. The molecule has 16 heavy (non-hydrogen) atoms. The number of nitrogens with zero attached hydrogens (tertiary/aromatic N) is 3. The fourth-order valence-electron chi connectivity index (χ4n) is 1.04. The van der Waals surface area contributed by atoms with E-state index in [2.05, 4.69) is 20.2 Å². The van der Waals surface area contributed by atoms with Gasteiger partial charge in [0.15, 0.2) is 5.82 Å². The number of hydrogen-bond acceptors (Lipinski definition) is 3. The van der Waals surface area contributed by atoms with Crippen molar-refractivity contribution in [3.63, 3.8) is 0 Å². The number of alkyl halides is 3. The molecular formula is C8H4ClF3N4. The molecule has 1 N–H and O–H groups in total. The lowest BCUT2D eigenvalue weighted by Crippen LogP contribution is -2.07. The number of H-pyrrole nitrogens is 1. The molecule has 84 valence electrons. The second-order valence-electron chi connectivity index (χ2n) is 2.89. The minimum absolute atomic E-state index is 0.00325. The predicted molar refractivity (Wildman–Crippen MR) is 49.6 cm³/mol. The van der Waals surface area contributed by atoms with Gasteiger partial charge in [0.05, 0.1) is 0 Å². The van der Waals surface area contributed by atoms with E-state index >= 15 is 0 Å². The van der Waals surface area contributed by atoms with Crippen LogP contribution in [-0.4, -0.2) is 20.2 Å². The Morgan fingerprint density at radius 2 is 1.94 bits per heavy atom. The molecular weight excluding hydrogens is 245 g/mol. The van der Waals surface area contributed by atoms with Crippen LogP contribution in [0.15, 0.2) is 18.3 Å². The Morgan fingerprint density at radius 3 is 2.44 bits per heavy atom. The first-order chi connectivity index (χ1) is 7.47. The molecule has 0 aliphatic rings. The van der Waals surface area contributed by atoms with Crippen molar-refractivity contribution in [3.05, 3.63) is 29.3 Å². The molecule has 2 aromatic rings. The topological polar surface area (TPSA) is 54.5 Å². The lowest BCUT2D eigenvalue weighted by molar-refractivity contribution is -0.144. The zero-order valence-electron chi connectivity index (χ0n) is 7.59. The molecule has 0 unspecified atom stereocenters. The Hall–Kier alpha value is -1.63. The van der Waals surface area contributed by atoms with Gasteiger partial charge in [-0.3, -0.25) is 0 Å². The Morgan fingerprint density at radius 1 is 1.19 bits per heavy atom. The summed E-state index contributed by atoms with van der Waals surface area (Å²) >= 11 is 5.54. The van der Waals surface area contributed by atoms with E-state index in [0.29, 0.717) is 5.56 Å². The third kappa shape index (κ3) is 2.13. The molecule has 0 fully saturated rings. The van der Waals surface area contributed by atoms with Crippen molar-refractivity contribution in [1.82, 2.24) is 20.2 Å². The number of halogens is 4. The molecule has 0 aliphatic carbocycles. The number of hydrogen-bond donors (Lipinski definition) is 1. The Bertz CT molecular complexity index is 491. The van der Waals surface area contributed by atoms with Crippen LogP contribution in [0.2, 0.25) is 5.15 Å². The number of pyridine rings is 1. The molecule has 0 aliphatic heterocycles. The van der Waals surface area contributed by atoms with E-state index < -0.39 is 12.0 Å². The fraction of sp³-hybridized carbons (Fsp3) is 0.125. The van der Waals surface area contributed by atoms with Crippen LogP contribution >= 0.6 is 11.6 Å². The van der Waals surface area contributed by atoms with Crippen molar-refractivity contribution in [1.29, 1.82) is 0 Å². The van der Waals surface area contributed by atoms with E-state index in [-0.39, 0.29) is 11.0 Å². The Labute approximate surface area is 92.5 Å². The lowest BCUT2D eigenvalue weighted by atomic mass is 10.3. The molecule has 0 spiro atoms. The molecule has 0 saturated heterocycles. The van der Waals surface area contributed by atoms with Crippen molar-refractivity contribution < 1.29 is 13.2 Å². The Balaban J connectivity index is 2.35. The molecule has 0 bridgehead atoms. The van der Waals surface area contributed by atoms with Gasteiger partial charge in [-0.25, -0.2) is 4.98 Å². The molecule has 0 saturated carbocycles. The van der Waals surface area contributed by atoms with Gasteiger partial charge in [0.2, 0.25) is 5.82 Å². The average Bonchev–Trinajstić information content (AvgIpc) is 2.67. The van der Waals surface area contributed by atoms with Crippen molar-refractivity contribution in [2.24, 2.45) is 0 Å². The zero-order chi connectivity index (χ0) is 11.8. The summed E-state index contributed by atoms with van der Waals surface area (Å²) in [6.07, 6.45) is -3.23. The molecule has 2 heterocycles. The van der Waals surface area contributed by atoms with Gasteiger partial charge in [-0.1, -0.05) is 11.6 Å². The maximum absolute atomic E-state index is 12.2. The fourth-order valence-corrected chi connectivity index (χ4v) is 1.15. The third-order valence-corrected chi connectivity index (χ3v) is 1.98. The number of rotatable bonds is 1. The van der Waals surface area contributed by atoms with E-state index in [1.807, 2.05) is 0 Å². The molecule has 4 nitrogen and oxygen atoms in total. The van der Waals surface area contributed by atoms with E-state index in [0.717, 1.165) is 0 Å². The summed E-state index contributed by atoms with van der Waals surface area (Å²) in [5.41, 5.74) is 0.382. The van der Waals surface area contributed by atoms with Gasteiger partial charge in [-0.05, 0) is 12.1 Å². The number of aromatic amines is 1. The van der Waals surface area contributed by atoms with Crippen LogP contribution in [0.25, 0.3) is 11.4 Å². The summed E-state index contributed by atoms with van der Waals surface area (Å²) in [4.78, 5) is 5.78.